The van der Waals surface area contributed by atoms with E-state index >= 15 is 0 Å². The van der Waals surface area contributed by atoms with Gasteiger partial charge in [-0.25, -0.2) is 0 Å². The van der Waals surface area contributed by atoms with Crippen LogP contribution in [0.2, 0.25) is 0 Å². The summed E-state index contributed by atoms with van der Waals surface area (Å²) in [5.41, 5.74) is 0.741. The molecule has 1 aromatic rings. The quantitative estimate of drug-likeness (QED) is 0.456. The van der Waals surface area contributed by atoms with Crippen molar-refractivity contribution in [3.63, 3.8) is 0 Å². The maximum absolute atomic E-state index is 11.3. The third-order valence-corrected chi connectivity index (χ3v) is 2.92. The molecular formula is C11H14N4OS. The van der Waals surface area contributed by atoms with Gasteiger partial charge in [0.15, 0.2) is 0 Å². The van der Waals surface area contributed by atoms with Crippen molar-refractivity contribution in [3.8, 4) is 6.07 Å². The number of nitriles is 1. The van der Waals surface area contributed by atoms with Crippen molar-refractivity contribution in [1.82, 2.24) is 9.97 Å². The lowest BCUT2D eigenvalue weighted by molar-refractivity contribution is 0.591. The number of hydrogen-bond donors (Lipinski definition) is 0. The maximum Gasteiger partial charge on any atom is 0.344 e. The number of aromatic nitrogens is 2. The van der Waals surface area contributed by atoms with Gasteiger partial charge in [-0.05, 0) is 13.0 Å². The maximum atomic E-state index is 11.3. The van der Waals surface area contributed by atoms with Crippen LogP contribution in [0.3, 0.4) is 0 Å². The van der Waals surface area contributed by atoms with Crippen LogP contribution in [0.5, 0.6) is 0 Å². The molecule has 0 bridgehead atoms. The van der Waals surface area contributed by atoms with Gasteiger partial charge >= 0.3 is 5.16 Å². The van der Waals surface area contributed by atoms with Crippen LogP contribution < -0.4 is 4.90 Å². The molecule has 1 heterocycles. The predicted molar refractivity (Wildman–Crippen MR) is 68.0 cm³/mol. The van der Waals surface area contributed by atoms with Gasteiger partial charge in [0.25, 0.3) is 0 Å². The molecule has 0 radical (unpaired) electrons. The molecule has 5 nitrogen and oxygen atoms in total. The van der Waals surface area contributed by atoms with E-state index in [1.165, 1.54) is 12.3 Å². The smallest absolute Gasteiger partial charge is 0.344 e. The molecule has 0 aliphatic rings. The average Bonchev–Trinajstić information content (AvgIpc) is 2.35. The highest BCUT2D eigenvalue weighted by atomic mass is 32.2. The molecule has 17 heavy (non-hydrogen) atoms. The average molecular weight is 250 g/mol. The summed E-state index contributed by atoms with van der Waals surface area (Å²) in [6.45, 7) is 2.75. The van der Waals surface area contributed by atoms with Crippen LogP contribution in [0.4, 0.5) is 5.82 Å². The van der Waals surface area contributed by atoms with E-state index in [0.29, 0.717) is 11.0 Å². The fraction of sp³-hybridized carbons (Fsp3) is 0.364. The Labute approximate surface area is 104 Å². The van der Waals surface area contributed by atoms with E-state index in [1.807, 2.05) is 24.9 Å². The summed E-state index contributed by atoms with van der Waals surface area (Å²) in [7, 11) is 1.88. The molecule has 0 fully saturated rings. The van der Waals surface area contributed by atoms with Gasteiger partial charge in [0, 0.05) is 42.6 Å². The predicted octanol–water partition coefficient (Wildman–Crippen LogP) is 1.21. The van der Waals surface area contributed by atoms with E-state index in [-0.39, 0.29) is 0 Å². The summed E-state index contributed by atoms with van der Waals surface area (Å²) in [5, 5.41) is 8.82. The highest BCUT2D eigenvalue weighted by Crippen LogP contribution is 2.18. The van der Waals surface area contributed by atoms with Crippen molar-refractivity contribution >= 4 is 23.1 Å². The molecular weight excluding hydrogens is 236 g/mol. The minimum absolute atomic E-state index is 0.300. The van der Waals surface area contributed by atoms with Crippen LogP contribution in [0.1, 0.15) is 12.5 Å². The minimum atomic E-state index is -1.21. The molecule has 0 saturated heterocycles. The Bertz CT molecular complexity index is 453. The Morgan fingerprint density at radius 1 is 1.65 bits per heavy atom. The highest BCUT2D eigenvalue weighted by molar-refractivity contribution is 7.90. The molecule has 0 spiro atoms. The van der Waals surface area contributed by atoms with Crippen molar-refractivity contribution in [3.05, 3.63) is 17.8 Å². The van der Waals surface area contributed by atoms with Gasteiger partial charge in [-0.1, -0.05) is 0 Å². The normalized spacial score (nSPS) is 12.4. The van der Waals surface area contributed by atoms with E-state index in [9.17, 15) is 4.55 Å². The zero-order chi connectivity index (χ0) is 12.8. The number of allylic oxidation sites excluding steroid dienone is 1. The van der Waals surface area contributed by atoms with Crippen molar-refractivity contribution in [2.24, 2.45) is 0 Å². The lowest BCUT2D eigenvalue weighted by atomic mass is 10.2. The zero-order valence-corrected chi connectivity index (χ0v) is 10.9. The fourth-order valence-electron chi connectivity index (χ4n) is 1.21. The van der Waals surface area contributed by atoms with Crippen LogP contribution in [-0.4, -0.2) is 34.4 Å². The third-order valence-electron chi connectivity index (χ3n) is 2.20. The van der Waals surface area contributed by atoms with Crippen molar-refractivity contribution in [2.75, 3.05) is 24.7 Å². The summed E-state index contributed by atoms with van der Waals surface area (Å²) >= 11 is -1.21. The lowest BCUT2D eigenvalue weighted by Crippen LogP contribution is -2.20. The Kier molecular flexibility index (Phi) is 4.94. The summed E-state index contributed by atoms with van der Waals surface area (Å²) in [5.74, 6) is 0.680. The highest BCUT2D eigenvalue weighted by Gasteiger charge is 2.14. The van der Waals surface area contributed by atoms with Gasteiger partial charge in [0.1, 0.15) is 12.1 Å². The monoisotopic (exact) mass is 250 g/mol. The van der Waals surface area contributed by atoms with Crippen molar-refractivity contribution < 1.29 is 4.55 Å². The Morgan fingerprint density at radius 2 is 2.35 bits per heavy atom. The van der Waals surface area contributed by atoms with E-state index in [2.05, 4.69) is 9.97 Å². The molecule has 0 saturated carbocycles. The van der Waals surface area contributed by atoms with E-state index in [4.69, 9.17) is 5.26 Å². The van der Waals surface area contributed by atoms with Gasteiger partial charge < -0.3 is 9.45 Å². The first-order valence-corrected chi connectivity index (χ1v) is 6.63. The molecule has 1 rings (SSSR count). The first-order valence-electron chi connectivity index (χ1n) is 5.08. The van der Waals surface area contributed by atoms with Crippen LogP contribution >= 0.6 is 0 Å². The molecule has 1 unspecified atom stereocenters. The van der Waals surface area contributed by atoms with Gasteiger partial charge in [0.05, 0.1) is 6.07 Å². The molecule has 0 N–H and O–H groups in total. The number of hydrogen-bond acceptors (Lipinski definition) is 5. The second kappa shape index (κ2) is 6.23. The largest absolute Gasteiger partial charge is 0.609 e. The molecule has 0 amide bonds. The molecule has 1 atom stereocenters. The van der Waals surface area contributed by atoms with E-state index in [0.717, 1.165) is 12.1 Å². The van der Waals surface area contributed by atoms with Crippen molar-refractivity contribution in [1.29, 1.82) is 5.26 Å². The fourth-order valence-corrected chi connectivity index (χ4v) is 1.62. The molecule has 1 aromatic heterocycles. The minimum Gasteiger partial charge on any atom is -0.609 e. The standard InChI is InChI=1S/C11H14N4OS/c1-4-15(2)10-9(6-5-7-12)8-13-11(14-10)17(3)16/h5-6,8H,4H2,1-3H3/b6-5+. The lowest BCUT2D eigenvalue weighted by Gasteiger charge is -2.18. The van der Waals surface area contributed by atoms with Crippen LogP contribution in [0.25, 0.3) is 6.08 Å². The number of rotatable bonds is 4. The molecule has 0 aliphatic carbocycles. The van der Waals surface area contributed by atoms with Gasteiger partial charge in [0.2, 0.25) is 0 Å². The first-order chi connectivity index (χ1) is 8.10. The number of nitrogens with zero attached hydrogens (tertiary/aromatic N) is 4. The summed E-state index contributed by atoms with van der Waals surface area (Å²) in [4.78, 5) is 10.2. The summed E-state index contributed by atoms with van der Waals surface area (Å²) < 4.78 is 11.3. The SMILES string of the molecule is CCN(C)c1nc([S+](C)[O-])ncc1/C=C/C#N. The number of anilines is 1. The summed E-state index contributed by atoms with van der Waals surface area (Å²) in [6.07, 6.45) is 6.13. The van der Waals surface area contributed by atoms with Gasteiger partial charge in [-0.3, -0.25) is 0 Å². The third kappa shape index (κ3) is 3.44. The Balaban J connectivity index is 3.22. The van der Waals surface area contributed by atoms with E-state index in [1.54, 1.807) is 12.3 Å². The van der Waals surface area contributed by atoms with Crippen LogP contribution in [0, 0.1) is 11.3 Å². The summed E-state index contributed by atoms with van der Waals surface area (Å²) in [6, 6.07) is 1.92. The Morgan fingerprint density at radius 3 is 2.88 bits per heavy atom. The molecule has 90 valence electrons. The van der Waals surface area contributed by atoms with E-state index < -0.39 is 11.2 Å². The van der Waals surface area contributed by atoms with Crippen molar-refractivity contribution in [2.45, 2.75) is 12.1 Å². The molecule has 0 aromatic carbocycles. The molecule has 0 aliphatic heterocycles. The second-order valence-electron chi connectivity index (χ2n) is 3.36. The van der Waals surface area contributed by atoms with Gasteiger partial charge in [-0.15, -0.1) is 0 Å². The van der Waals surface area contributed by atoms with Crippen LogP contribution in [-0.2, 0) is 11.2 Å². The molecule has 6 heteroatoms. The topological polar surface area (TPSA) is 75.9 Å². The second-order valence-corrected chi connectivity index (χ2v) is 4.64. The van der Waals surface area contributed by atoms with Crippen LogP contribution in [0.15, 0.2) is 17.4 Å². The first kappa shape index (κ1) is 13.5. The zero-order valence-electron chi connectivity index (χ0n) is 10.0. The Hall–Kier alpha value is -1.58. The van der Waals surface area contributed by atoms with Gasteiger partial charge in [-0.2, -0.15) is 15.2 Å².